The molecule has 1 amide bonds. The molecule has 2 aromatic carbocycles. The largest absolute Gasteiger partial charge is 0.305 e. The third kappa shape index (κ3) is 2.10. The number of halogens is 1. The number of nitrogens with zero attached hydrogens (tertiary/aromatic N) is 1. The van der Waals surface area contributed by atoms with Gasteiger partial charge in [0.2, 0.25) is 0 Å². The lowest BCUT2D eigenvalue weighted by atomic mass is 10.1. The van der Waals surface area contributed by atoms with Crippen LogP contribution in [-0.2, 0) is 6.42 Å². The van der Waals surface area contributed by atoms with Gasteiger partial charge in [0, 0.05) is 16.6 Å². The van der Waals surface area contributed by atoms with E-state index in [1.807, 2.05) is 31.2 Å². The molecule has 2 nitrogen and oxygen atoms in total. The molecule has 0 aromatic heterocycles. The minimum atomic E-state index is -0.510. The molecule has 0 radical (unpaired) electrons. The lowest BCUT2D eigenvalue weighted by molar-refractivity contribution is 0.0977. The van der Waals surface area contributed by atoms with E-state index in [2.05, 4.69) is 12.6 Å². The minimum Gasteiger partial charge on any atom is -0.305 e. The Kier molecular flexibility index (Phi) is 3.26. The zero-order valence-electron chi connectivity index (χ0n) is 11.0. The van der Waals surface area contributed by atoms with E-state index in [9.17, 15) is 9.18 Å². The minimum absolute atomic E-state index is 0.0304. The zero-order chi connectivity index (χ0) is 14.3. The van der Waals surface area contributed by atoms with Crippen LogP contribution in [0.4, 0.5) is 10.1 Å². The second-order valence-corrected chi connectivity index (χ2v) is 5.54. The normalized spacial score (nSPS) is 17.1. The fraction of sp³-hybridized carbons (Fsp3) is 0.188. The van der Waals surface area contributed by atoms with Crippen molar-refractivity contribution in [3.63, 3.8) is 0 Å². The van der Waals surface area contributed by atoms with Crippen LogP contribution in [0.5, 0.6) is 0 Å². The number of hydrogen-bond acceptors (Lipinski definition) is 2. The van der Waals surface area contributed by atoms with Gasteiger partial charge in [-0.2, -0.15) is 0 Å². The van der Waals surface area contributed by atoms with Crippen LogP contribution in [-0.4, -0.2) is 11.9 Å². The van der Waals surface area contributed by atoms with Crippen molar-refractivity contribution in [2.75, 3.05) is 4.90 Å². The molecule has 3 rings (SSSR count). The number of para-hydroxylation sites is 1. The molecule has 0 saturated heterocycles. The molecule has 0 saturated carbocycles. The summed E-state index contributed by atoms with van der Waals surface area (Å²) >= 11 is 4.18. The fourth-order valence-electron chi connectivity index (χ4n) is 2.68. The zero-order valence-corrected chi connectivity index (χ0v) is 11.9. The Morgan fingerprint density at radius 3 is 2.85 bits per heavy atom. The van der Waals surface area contributed by atoms with Crippen LogP contribution in [0.15, 0.2) is 47.4 Å². The molecule has 1 atom stereocenters. The van der Waals surface area contributed by atoms with Crippen molar-refractivity contribution in [3.8, 4) is 0 Å². The molecule has 0 fully saturated rings. The molecule has 1 unspecified atom stereocenters. The molecule has 1 heterocycles. The summed E-state index contributed by atoms with van der Waals surface area (Å²) in [4.78, 5) is 14.9. The highest BCUT2D eigenvalue weighted by Gasteiger charge is 2.32. The molecular weight excluding hydrogens is 273 g/mol. The van der Waals surface area contributed by atoms with Crippen molar-refractivity contribution in [3.05, 3.63) is 59.4 Å². The Labute approximate surface area is 122 Å². The van der Waals surface area contributed by atoms with Crippen LogP contribution in [0.1, 0.15) is 22.8 Å². The van der Waals surface area contributed by atoms with E-state index in [1.54, 1.807) is 4.90 Å². The van der Waals surface area contributed by atoms with Crippen molar-refractivity contribution in [2.24, 2.45) is 0 Å². The maximum absolute atomic E-state index is 13.9. The highest BCUT2D eigenvalue weighted by Crippen LogP contribution is 2.33. The second kappa shape index (κ2) is 4.94. The van der Waals surface area contributed by atoms with Gasteiger partial charge >= 0.3 is 0 Å². The van der Waals surface area contributed by atoms with E-state index in [0.29, 0.717) is 4.90 Å². The second-order valence-electron chi connectivity index (χ2n) is 5.02. The van der Waals surface area contributed by atoms with E-state index in [4.69, 9.17) is 0 Å². The first-order chi connectivity index (χ1) is 9.58. The van der Waals surface area contributed by atoms with Gasteiger partial charge in [-0.3, -0.25) is 4.79 Å². The van der Waals surface area contributed by atoms with E-state index >= 15 is 0 Å². The first-order valence-electron chi connectivity index (χ1n) is 6.48. The van der Waals surface area contributed by atoms with Gasteiger partial charge < -0.3 is 4.90 Å². The third-order valence-electron chi connectivity index (χ3n) is 3.61. The van der Waals surface area contributed by atoms with Crippen LogP contribution in [0.3, 0.4) is 0 Å². The summed E-state index contributed by atoms with van der Waals surface area (Å²) in [6.45, 7) is 1.97. The van der Waals surface area contributed by atoms with E-state index in [0.717, 1.165) is 17.7 Å². The quantitative estimate of drug-likeness (QED) is 0.793. The van der Waals surface area contributed by atoms with Gasteiger partial charge in [-0.1, -0.05) is 18.2 Å². The van der Waals surface area contributed by atoms with Crippen molar-refractivity contribution in [1.82, 2.24) is 0 Å². The molecule has 0 aliphatic carbocycles. The average molecular weight is 287 g/mol. The van der Waals surface area contributed by atoms with Crippen LogP contribution in [0.25, 0.3) is 0 Å². The number of carbonyl (C=O) groups is 1. The average Bonchev–Trinajstić information content (AvgIpc) is 2.76. The Balaban J connectivity index is 2.05. The molecule has 2 aromatic rings. The van der Waals surface area contributed by atoms with Gasteiger partial charge in [0.05, 0.1) is 5.56 Å². The van der Waals surface area contributed by atoms with Gasteiger partial charge in [0.15, 0.2) is 0 Å². The Bertz CT molecular complexity index is 686. The molecule has 1 aliphatic rings. The van der Waals surface area contributed by atoms with E-state index < -0.39 is 5.82 Å². The number of benzene rings is 2. The Hall–Kier alpha value is -1.81. The summed E-state index contributed by atoms with van der Waals surface area (Å²) in [5.74, 6) is -0.819. The van der Waals surface area contributed by atoms with Crippen LogP contribution in [0.2, 0.25) is 0 Å². The molecule has 0 N–H and O–H groups in total. The number of carbonyl (C=O) groups excluding carboxylic acids is 1. The van der Waals surface area contributed by atoms with Crippen LogP contribution < -0.4 is 4.90 Å². The standard InChI is InChI=1S/C16H14FNOS/c1-10-8-11-4-2-3-5-15(11)18(10)16(19)13-9-12(20)6-7-14(13)17/h2-7,9-10,20H,8H2,1H3. The predicted octanol–water partition coefficient (Wildman–Crippen LogP) is 3.71. The topological polar surface area (TPSA) is 20.3 Å². The molecule has 0 bridgehead atoms. The third-order valence-corrected chi connectivity index (χ3v) is 3.88. The highest BCUT2D eigenvalue weighted by molar-refractivity contribution is 7.80. The number of fused-ring (bicyclic) bond motifs is 1. The number of rotatable bonds is 1. The molecular formula is C16H14FNOS. The van der Waals surface area contributed by atoms with Crippen molar-refractivity contribution in [1.29, 1.82) is 0 Å². The molecule has 20 heavy (non-hydrogen) atoms. The van der Waals surface area contributed by atoms with Crippen molar-refractivity contribution >= 4 is 24.2 Å². The predicted molar refractivity (Wildman–Crippen MR) is 80.1 cm³/mol. The summed E-state index contributed by atoms with van der Waals surface area (Å²) in [6, 6.07) is 12.1. The molecule has 4 heteroatoms. The van der Waals surface area contributed by atoms with Gasteiger partial charge in [0.25, 0.3) is 5.91 Å². The van der Waals surface area contributed by atoms with Crippen LogP contribution >= 0.6 is 12.6 Å². The number of hydrogen-bond donors (Lipinski definition) is 1. The van der Waals surface area contributed by atoms with Crippen LogP contribution in [0, 0.1) is 5.82 Å². The lowest BCUT2D eigenvalue weighted by Gasteiger charge is -2.23. The summed E-state index contributed by atoms with van der Waals surface area (Å²) in [5, 5.41) is 0. The number of anilines is 1. The highest BCUT2D eigenvalue weighted by atomic mass is 32.1. The Morgan fingerprint density at radius 2 is 2.05 bits per heavy atom. The maximum Gasteiger partial charge on any atom is 0.261 e. The summed E-state index contributed by atoms with van der Waals surface area (Å²) in [5.41, 5.74) is 2.06. The molecule has 0 spiro atoms. The van der Waals surface area contributed by atoms with E-state index in [1.165, 1.54) is 18.2 Å². The first-order valence-corrected chi connectivity index (χ1v) is 6.92. The fourth-order valence-corrected chi connectivity index (χ4v) is 2.89. The maximum atomic E-state index is 13.9. The van der Waals surface area contributed by atoms with Gasteiger partial charge in [-0.25, -0.2) is 4.39 Å². The van der Waals surface area contributed by atoms with Gasteiger partial charge in [-0.05, 0) is 43.2 Å². The lowest BCUT2D eigenvalue weighted by Crippen LogP contribution is -2.36. The molecule has 1 aliphatic heterocycles. The first kappa shape index (κ1) is 13.2. The summed E-state index contributed by atoms with van der Waals surface area (Å²) in [7, 11) is 0. The van der Waals surface area contributed by atoms with Gasteiger partial charge in [-0.15, -0.1) is 12.6 Å². The Morgan fingerprint density at radius 1 is 1.30 bits per heavy atom. The SMILES string of the molecule is CC1Cc2ccccc2N1C(=O)c1cc(S)ccc1F. The molecule has 102 valence electrons. The van der Waals surface area contributed by atoms with Crippen molar-refractivity contribution < 1.29 is 9.18 Å². The van der Waals surface area contributed by atoms with Gasteiger partial charge in [0.1, 0.15) is 5.82 Å². The van der Waals surface area contributed by atoms with E-state index in [-0.39, 0.29) is 17.5 Å². The summed E-state index contributed by atoms with van der Waals surface area (Å²) < 4.78 is 13.9. The number of thiol groups is 1. The smallest absolute Gasteiger partial charge is 0.261 e. The monoisotopic (exact) mass is 287 g/mol. The number of amides is 1. The summed E-state index contributed by atoms with van der Waals surface area (Å²) in [6.07, 6.45) is 0.796. The van der Waals surface area contributed by atoms with Crippen molar-refractivity contribution in [2.45, 2.75) is 24.3 Å².